The minimum Gasteiger partial charge on any atom is -0.497 e. The predicted molar refractivity (Wildman–Crippen MR) is 91.3 cm³/mol. The van der Waals surface area contributed by atoms with Gasteiger partial charge in [-0.25, -0.2) is 0 Å². The molecule has 1 aromatic carbocycles. The highest BCUT2D eigenvalue weighted by atomic mass is 16.5. The average Bonchev–Trinajstić information content (AvgIpc) is 2.55. The van der Waals surface area contributed by atoms with Crippen LogP contribution in [0.15, 0.2) is 24.3 Å². The van der Waals surface area contributed by atoms with Crippen LogP contribution in [0, 0.1) is 5.92 Å². The minimum absolute atomic E-state index is 0.891. The molecule has 21 heavy (non-hydrogen) atoms. The smallest absolute Gasteiger partial charge is 0.119 e. The second-order valence-corrected chi connectivity index (χ2v) is 6.36. The van der Waals surface area contributed by atoms with Crippen LogP contribution >= 0.6 is 0 Å². The highest BCUT2D eigenvalue weighted by molar-refractivity contribution is 5.49. The summed E-state index contributed by atoms with van der Waals surface area (Å²) in [5.74, 6) is 1.84. The molecule has 0 spiro atoms. The summed E-state index contributed by atoms with van der Waals surface area (Å²) < 4.78 is 5.28. The summed E-state index contributed by atoms with van der Waals surface area (Å²) in [5, 5.41) is 0. The number of anilines is 1. The third-order valence-corrected chi connectivity index (χ3v) is 4.67. The molecule has 1 aromatic rings. The van der Waals surface area contributed by atoms with E-state index < -0.39 is 0 Å². The van der Waals surface area contributed by atoms with Gasteiger partial charge < -0.3 is 9.64 Å². The van der Waals surface area contributed by atoms with Gasteiger partial charge in [0.2, 0.25) is 0 Å². The predicted octanol–water partition coefficient (Wildman–Crippen LogP) is 5.27. The van der Waals surface area contributed by atoms with E-state index in [1.54, 1.807) is 7.11 Å². The maximum atomic E-state index is 5.28. The lowest BCUT2D eigenvalue weighted by Crippen LogP contribution is -2.31. The molecule has 2 rings (SSSR count). The molecule has 1 fully saturated rings. The van der Waals surface area contributed by atoms with Crippen LogP contribution in [0.4, 0.5) is 5.69 Å². The number of nitrogens with zero attached hydrogens (tertiary/aromatic N) is 1. The Morgan fingerprint density at radius 2 is 1.76 bits per heavy atom. The number of unbranched alkanes of at least 4 members (excludes halogenated alkanes) is 2. The molecule has 0 heterocycles. The van der Waals surface area contributed by atoms with E-state index in [0.29, 0.717) is 0 Å². The van der Waals surface area contributed by atoms with E-state index in [1.165, 1.54) is 70.1 Å². The van der Waals surface area contributed by atoms with Gasteiger partial charge in [-0.2, -0.15) is 0 Å². The van der Waals surface area contributed by atoms with Gasteiger partial charge in [-0.1, -0.05) is 39.0 Å². The Morgan fingerprint density at radius 1 is 1.05 bits per heavy atom. The number of ether oxygens (including phenoxy) is 1. The Balaban J connectivity index is 1.98. The summed E-state index contributed by atoms with van der Waals surface area (Å²) in [7, 11) is 1.73. The molecule has 2 heteroatoms. The normalized spacial score (nSPS) is 15.9. The van der Waals surface area contributed by atoms with Crippen LogP contribution in [0.3, 0.4) is 0 Å². The van der Waals surface area contributed by atoms with Gasteiger partial charge in [0.15, 0.2) is 0 Å². The third kappa shape index (κ3) is 5.26. The van der Waals surface area contributed by atoms with Gasteiger partial charge in [-0.15, -0.1) is 0 Å². The van der Waals surface area contributed by atoms with Gasteiger partial charge in [0.25, 0.3) is 0 Å². The standard InChI is InChI=1S/C19H31NO/c1-3-4-8-15-20(16-17-9-6-5-7-10-17)18-11-13-19(21-2)14-12-18/h11-14,17H,3-10,15-16H2,1-2H3. The molecule has 0 saturated heterocycles. The molecule has 1 aliphatic rings. The third-order valence-electron chi connectivity index (χ3n) is 4.67. The first-order chi connectivity index (χ1) is 10.3. The van der Waals surface area contributed by atoms with E-state index in [9.17, 15) is 0 Å². The zero-order valence-corrected chi connectivity index (χ0v) is 13.8. The van der Waals surface area contributed by atoms with Crippen LogP contribution in [0.1, 0.15) is 58.3 Å². The molecular weight excluding hydrogens is 258 g/mol. The van der Waals surface area contributed by atoms with Crippen molar-refractivity contribution in [1.82, 2.24) is 0 Å². The molecule has 0 radical (unpaired) electrons. The largest absolute Gasteiger partial charge is 0.497 e. The zero-order valence-electron chi connectivity index (χ0n) is 13.8. The van der Waals surface area contributed by atoms with Gasteiger partial charge in [0, 0.05) is 18.8 Å². The molecule has 0 aromatic heterocycles. The van der Waals surface area contributed by atoms with E-state index in [-0.39, 0.29) is 0 Å². The molecule has 0 amide bonds. The van der Waals surface area contributed by atoms with Crippen molar-refractivity contribution in [3.63, 3.8) is 0 Å². The second-order valence-electron chi connectivity index (χ2n) is 6.36. The van der Waals surface area contributed by atoms with Gasteiger partial charge >= 0.3 is 0 Å². The van der Waals surface area contributed by atoms with Gasteiger partial charge in [0.05, 0.1) is 7.11 Å². The Bertz CT molecular complexity index is 381. The van der Waals surface area contributed by atoms with Crippen LogP contribution in [-0.2, 0) is 0 Å². The lowest BCUT2D eigenvalue weighted by molar-refractivity contribution is 0.357. The molecule has 1 aliphatic carbocycles. The van der Waals surface area contributed by atoms with Gasteiger partial charge in [-0.3, -0.25) is 0 Å². The van der Waals surface area contributed by atoms with Crippen molar-refractivity contribution in [1.29, 1.82) is 0 Å². The Kier molecular flexibility index (Phi) is 6.91. The second kappa shape index (κ2) is 8.96. The number of hydrogen-bond donors (Lipinski definition) is 0. The number of benzene rings is 1. The highest BCUT2D eigenvalue weighted by Crippen LogP contribution is 2.27. The van der Waals surface area contributed by atoms with E-state index in [1.807, 2.05) is 0 Å². The Labute approximate surface area is 130 Å². The molecule has 0 aliphatic heterocycles. The van der Waals surface area contributed by atoms with Crippen molar-refractivity contribution in [2.45, 2.75) is 58.3 Å². The van der Waals surface area contributed by atoms with Crippen molar-refractivity contribution < 1.29 is 4.74 Å². The molecule has 0 atom stereocenters. The molecule has 0 unspecified atom stereocenters. The minimum atomic E-state index is 0.891. The van der Waals surface area contributed by atoms with Crippen LogP contribution < -0.4 is 9.64 Å². The molecule has 0 N–H and O–H groups in total. The summed E-state index contributed by atoms with van der Waals surface area (Å²) in [6.45, 7) is 4.70. The summed E-state index contributed by atoms with van der Waals surface area (Å²) in [6.07, 6.45) is 11.0. The van der Waals surface area contributed by atoms with Gasteiger partial charge in [0.1, 0.15) is 5.75 Å². The molecule has 118 valence electrons. The first-order valence-electron chi connectivity index (χ1n) is 8.72. The molecule has 2 nitrogen and oxygen atoms in total. The lowest BCUT2D eigenvalue weighted by Gasteiger charge is -2.31. The fourth-order valence-electron chi connectivity index (χ4n) is 3.35. The van der Waals surface area contributed by atoms with Crippen molar-refractivity contribution in [2.75, 3.05) is 25.1 Å². The summed E-state index contributed by atoms with van der Waals surface area (Å²) >= 11 is 0. The fraction of sp³-hybridized carbons (Fsp3) is 0.684. The topological polar surface area (TPSA) is 12.5 Å². The Morgan fingerprint density at radius 3 is 2.38 bits per heavy atom. The van der Waals surface area contributed by atoms with E-state index in [4.69, 9.17) is 4.74 Å². The Hall–Kier alpha value is -1.18. The summed E-state index contributed by atoms with van der Waals surface area (Å²) in [5.41, 5.74) is 1.36. The molecule has 1 saturated carbocycles. The van der Waals surface area contributed by atoms with E-state index >= 15 is 0 Å². The summed E-state index contributed by atoms with van der Waals surface area (Å²) in [4.78, 5) is 2.60. The van der Waals surface area contributed by atoms with Crippen molar-refractivity contribution in [3.8, 4) is 5.75 Å². The van der Waals surface area contributed by atoms with Crippen LogP contribution in [0.25, 0.3) is 0 Å². The van der Waals surface area contributed by atoms with Crippen LogP contribution in [0.2, 0.25) is 0 Å². The molecule has 0 bridgehead atoms. The first-order valence-corrected chi connectivity index (χ1v) is 8.72. The van der Waals surface area contributed by atoms with Crippen LogP contribution in [0.5, 0.6) is 5.75 Å². The van der Waals surface area contributed by atoms with Gasteiger partial charge in [-0.05, 0) is 49.4 Å². The molecular formula is C19H31NO. The maximum absolute atomic E-state index is 5.28. The van der Waals surface area contributed by atoms with Crippen molar-refractivity contribution in [2.24, 2.45) is 5.92 Å². The lowest BCUT2D eigenvalue weighted by atomic mass is 9.89. The maximum Gasteiger partial charge on any atom is 0.119 e. The number of hydrogen-bond acceptors (Lipinski definition) is 2. The van der Waals surface area contributed by atoms with Crippen molar-refractivity contribution in [3.05, 3.63) is 24.3 Å². The van der Waals surface area contributed by atoms with Crippen LogP contribution in [-0.4, -0.2) is 20.2 Å². The zero-order chi connectivity index (χ0) is 14.9. The number of methoxy groups -OCH3 is 1. The number of rotatable bonds is 8. The van der Waals surface area contributed by atoms with E-state index in [2.05, 4.69) is 36.1 Å². The van der Waals surface area contributed by atoms with Crippen molar-refractivity contribution >= 4 is 5.69 Å². The quantitative estimate of drug-likeness (QED) is 0.604. The SMILES string of the molecule is CCCCCN(CC1CCCCC1)c1ccc(OC)cc1. The first kappa shape index (κ1) is 16.2. The fourth-order valence-corrected chi connectivity index (χ4v) is 3.35. The monoisotopic (exact) mass is 289 g/mol. The average molecular weight is 289 g/mol. The van der Waals surface area contributed by atoms with E-state index in [0.717, 1.165) is 11.7 Å². The summed E-state index contributed by atoms with van der Waals surface area (Å²) in [6, 6.07) is 8.60. The highest BCUT2D eigenvalue weighted by Gasteiger charge is 2.17.